The zero-order chi connectivity index (χ0) is 13.8. The first kappa shape index (κ1) is 15.0. The molecule has 1 saturated carbocycles. The molecule has 1 aliphatic carbocycles. The summed E-state index contributed by atoms with van der Waals surface area (Å²) in [6, 6.07) is 0. The molecule has 6 heteroatoms. The average Bonchev–Trinajstić information content (AvgIpc) is 3.13. The topological polar surface area (TPSA) is 55.2 Å². The molecule has 4 radical (unpaired) electrons. The highest BCUT2D eigenvalue weighted by molar-refractivity contribution is 6.37. The molecule has 1 fully saturated rings. The molecule has 0 amide bonds. The molecule has 0 aliphatic heterocycles. The van der Waals surface area contributed by atoms with Gasteiger partial charge in [0, 0.05) is 11.5 Å². The van der Waals surface area contributed by atoms with Crippen LogP contribution in [0.4, 0.5) is 0 Å². The van der Waals surface area contributed by atoms with Crippen molar-refractivity contribution in [3.8, 4) is 5.88 Å². The molecule has 4 nitrogen and oxygen atoms in total. The van der Waals surface area contributed by atoms with E-state index in [-0.39, 0.29) is 5.88 Å². The summed E-state index contributed by atoms with van der Waals surface area (Å²) >= 11 is 0. The van der Waals surface area contributed by atoms with E-state index < -0.39 is 5.59 Å². The molecule has 0 saturated heterocycles. The van der Waals surface area contributed by atoms with Gasteiger partial charge in [0.05, 0.1) is 5.69 Å². The number of hydrogen-bond acceptors (Lipinski definition) is 4. The van der Waals surface area contributed by atoms with Crippen LogP contribution in [-0.2, 0) is 6.42 Å². The van der Waals surface area contributed by atoms with Gasteiger partial charge in [-0.1, -0.05) is 20.8 Å². The lowest BCUT2D eigenvalue weighted by molar-refractivity contribution is 0.00823. The molecule has 0 bridgehead atoms. The molecule has 2 rings (SSSR count). The van der Waals surface area contributed by atoms with E-state index >= 15 is 0 Å². The lowest BCUT2D eigenvalue weighted by atomic mass is 9.76. The Balaban J connectivity index is 0.000000771. The maximum atomic E-state index is 9.21. The smallest absolute Gasteiger partial charge is 0.221 e. The second-order valence-corrected chi connectivity index (χ2v) is 4.02. The first-order valence-electron chi connectivity index (χ1n) is 6.34. The van der Waals surface area contributed by atoms with Gasteiger partial charge in [-0.2, -0.15) is 0 Å². The summed E-state index contributed by atoms with van der Waals surface area (Å²) in [7, 11) is 10.4. The summed E-state index contributed by atoms with van der Waals surface area (Å²) in [6.45, 7) is 5.98. The van der Waals surface area contributed by atoms with Crippen LogP contribution in [0.1, 0.15) is 50.8 Å². The van der Waals surface area contributed by atoms with Crippen molar-refractivity contribution < 1.29 is 9.84 Å². The van der Waals surface area contributed by atoms with E-state index in [0.717, 1.165) is 30.5 Å². The van der Waals surface area contributed by atoms with Crippen molar-refractivity contribution in [2.24, 2.45) is 0 Å². The van der Waals surface area contributed by atoms with Crippen LogP contribution < -0.4 is 4.74 Å². The van der Waals surface area contributed by atoms with Crippen LogP contribution in [0.25, 0.3) is 0 Å². The molecule has 0 unspecified atom stereocenters. The van der Waals surface area contributed by atoms with Crippen LogP contribution in [0.15, 0.2) is 6.33 Å². The number of aliphatic hydroxyl groups is 1. The Morgan fingerprint density at radius 2 is 2.00 bits per heavy atom. The first-order chi connectivity index (χ1) is 8.51. The highest BCUT2D eigenvalue weighted by Gasteiger charge is 2.29. The standard InChI is InChI=1S/C10H12B2N2O2.C2H6/c1-2-7-8(6-3-4-6)13-5-14-9(7)16-10(11,12)15;1-2/h5-6,15H,2-4H2,1H3;1-2H3. The van der Waals surface area contributed by atoms with Crippen molar-refractivity contribution in [3.05, 3.63) is 17.6 Å². The van der Waals surface area contributed by atoms with Gasteiger partial charge in [-0.3, -0.25) is 0 Å². The van der Waals surface area contributed by atoms with Crippen LogP contribution in [0.5, 0.6) is 5.88 Å². The maximum absolute atomic E-state index is 9.21. The number of aromatic nitrogens is 2. The molecule has 94 valence electrons. The summed E-state index contributed by atoms with van der Waals surface area (Å²) in [5, 5.41) is 9.21. The molecule has 0 spiro atoms. The van der Waals surface area contributed by atoms with Crippen molar-refractivity contribution in [2.75, 3.05) is 0 Å². The molecular weight excluding hydrogens is 226 g/mol. The normalized spacial score (nSPS) is 14.7. The largest absolute Gasteiger partial charge is 0.465 e. The Morgan fingerprint density at radius 1 is 1.39 bits per heavy atom. The predicted molar refractivity (Wildman–Crippen MR) is 71.8 cm³/mol. The monoisotopic (exact) mass is 244 g/mol. The number of hydrogen-bond donors (Lipinski definition) is 1. The summed E-state index contributed by atoms with van der Waals surface area (Å²) < 4.78 is 5.00. The molecule has 1 aromatic rings. The lowest BCUT2D eigenvalue weighted by Gasteiger charge is -2.22. The minimum absolute atomic E-state index is 0.270. The van der Waals surface area contributed by atoms with E-state index in [2.05, 4.69) is 9.97 Å². The van der Waals surface area contributed by atoms with Crippen LogP contribution in [0.3, 0.4) is 0 Å². The number of nitrogens with zero attached hydrogens (tertiary/aromatic N) is 2. The predicted octanol–water partition coefficient (Wildman–Crippen LogP) is 1.26. The second kappa shape index (κ2) is 6.23. The Morgan fingerprint density at radius 3 is 2.44 bits per heavy atom. The highest BCUT2D eigenvalue weighted by Crippen LogP contribution is 2.42. The van der Waals surface area contributed by atoms with Gasteiger partial charge in [-0.05, 0) is 19.3 Å². The van der Waals surface area contributed by atoms with Crippen molar-refractivity contribution in [3.63, 3.8) is 0 Å². The van der Waals surface area contributed by atoms with Crippen molar-refractivity contribution >= 4 is 15.7 Å². The zero-order valence-corrected chi connectivity index (χ0v) is 11.2. The fraction of sp³-hybridized carbons (Fsp3) is 0.667. The molecule has 18 heavy (non-hydrogen) atoms. The fourth-order valence-corrected chi connectivity index (χ4v) is 1.69. The molecule has 1 N–H and O–H groups in total. The molecule has 1 aromatic heterocycles. The minimum Gasteiger partial charge on any atom is -0.465 e. The van der Waals surface area contributed by atoms with E-state index in [1.807, 2.05) is 20.8 Å². The summed E-state index contributed by atoms with van der Waals surface area (Å²) in [4.78, 5) is 8.20. The first-order valence-corrected chi connectivity index (χ1v) is 6.34. The van der Waals surface area contributed by atoms with Crippen LogP contribution in [0.2, 0.25) is 0 Å². The summed E-state index contributed by atoms with van der Waals surface area (Å²) in [5.41, 5.74) is -0.338. The van der Waals surface area contributed by atoms with Gasteiger partial charge in [-0.15, -0.1) is 0 Å². The van der Waals surface area contributed by atoms with Gasteiger partial charge in [-0.25, -0.2) is 9.97 Å². The minimum atomic E-state index is -2.20. The SMILES string of the molecule is CC.[B]C([B])(O)Oc1ncnc(C2CC2)c1CC. The lowest BCUT2D eigenvalue weighted by Crippen LogP contribution is -2.37. The Bertz CT molecular complexity index is 390. The third-order valence-electron chi connectivity index (χ3n) is 2.52. The summed E-state index contributed by atoms with van der Waals surface area (Å²) in [6.07, 6.45) is 4.41. The third-order valence-corrected chi connectivity index (χ3v) is 2.52. The van der Waals surface area contributed by atoms with Crippen LogP contribution in [-0.4, -0.2) is 36.4 Å². The number of rotatable bonds is 4. The van der Waals surface area contributed by atoms with Crippen molar-refractivity contribution in [1.29, 1.82) is 0 Å². The van der Waals surface area contributed by atoms with Crippen molar-refractivity contribution in [2.45, 2.75) is 51.5 Å². The van der Waals surface area contributed by atoms with E-state index in [4.69, 9.17) is 20.4 Å². The highest BCUT2D eigenvalue weighted by atomic mass is 16.6. The average molecular weight is 244 g/mol. The van der Waals surface area contributed by atoms with Crippen LogP contribution >= 0.6 is 0 Å². The molecule has 1 heterocycles. The van der Waals surface area contributed by atoms with Gasteiger partial charge < -0.3 is 9.84 Å². The second-order valence-electron chi connectivity index (χ2n) is 4.02. The zero-order valence-electron chi connectivity index (χ0n) is 11.2. The molecule has 1 aliphatic rings. The van der Waals surface area contributed by atoms with Crippen molar-refractivity contribution in [1.82, 2.24) is 9.97 Å². The third kappa shape index (κ3) is 4.02. The van der Waals surface area contributed by atoms with Crippen LogP contribution in [0, 0.1) is 0 Å². The maximum Gasteiger partial charge on any atom is 0.221 e. The van der Waals surface area contributed by atoms with E-state index in [1.54, 1.807) is 0 Å². The fourth-order valence-electron chi connectivity index (χ4n) is 1.69. The van der Waals surface area contributed by atoms with Gasteiger partial charge in [0.2, 0.25) is 5.88 Å². The van der Waals surface area contributed by atoms with Gasteiger partial charge >= 0.3 is 0 Å². The number of ether oxygens (including phenoxy) is 1. The summed E-state index contributed by atoms with van der Waals surface area (Å²) in [5.74, 6) is 0.760. The van der Waals surface area contributed by atoms with E-state index in [9.17, 15) is 5.11 Å². The Labute approximate surface area is 111 Å². The van der Waals surface area contributed by atoms with Gasteiger partial charge in [0.25, 0.3) is 0 Å². The molecule has 0 atom stereocenters. The van der Waals surface area contributed by atoms with Gasteiger partial charge in [0.1, 0.15) is 11.9 Å². The van der Waals surface area contributed by atoms with E-state index in [0.29, 0.717) is 5.92 Å². The van der Waals surface area contributed by atoms with E-state index in [1.165, 1.54) is 6.33 Å². The molecular formula is C12H18B2N2O2. The Hall–Kier alpha value is -1.03. The quantitative estimate of drug-likeness (QED) is 0.639. The van der Waals surface area contributed by atoms with Gasteiger partial charge in [0.15, 0.2) is 15.7 Å². The Kier molecular flexibility index (Phi) is 5.20. The molecule has 0 aromatic carbocycles.